The number of phenols is 1. The Bertz CT molecular complexity index is 1390. The molecule has 1 aliphatic heterocycles. The Morgan fingerprint density at radius 2 is 1.75 bits per heavy atom. The first-order valence-corrected chi connectivity index (χ1v) is 13.0. The van der Waals surface area contributed by atoms with Crippen molar-refractivity contribution in [3.63, 3.8) is 0 Å². The van der Waals surface area contributed by atoms with Crippen LogP contribution in [0.5, 0.6) is 5.75 Å². The van der Waals surface area contributed by atoms with Crippen LogP contribution in [0.2, 0.25) is 0 Å². The van der Waals surface area contributed by atoms with E-state index in [9.17, 15) is 39.6 Å². The highest BCUT2D eigenvalue weighted by Gasteiger charge is 2.63. The van der Waals surface area contributed by atoms with Gasteiger partial charge < -0.3 is 41.3 Å². The summed E-state index contributed by atoms with van der Waals surface area (Å²) in [5.74, 6) is -7.16. The van der Waals surface area contributed by atoms with Crippen LogP contribution in [0, 0.1) is 11.8 Å². The second-order valence-electron chi connectivity index (χ2n) is 11.2. The van der Waals surface area contributed by atoms with Crippen LogP contribution in [0.25, 0.3) is 0 Å². The first-order valence-electron chi connectivity index (χ1n) is 13.0. The van der Waals surface area contributed by atoms with E-state index in [1.807, 2.05) is 7.05 Å². The Kier molecular flexibility index (Phi) is 6.63. The smallest absolute Gasteiger partial charge is 0.322 e. The van der Waals surface area contributed by atoms with E-state index in [4.69, 9.17) is 5.73 Å². The zero-order valence-electron chi connectivity index (χ0n) is 22.5. The summed E-state index contributed by atoms with van der Waals surface area (Å²) in [5, 5.41) is 47.6. The predicted molar refractivity (Wildman–Crippen MR) is 142 cm³/mol. The van der Waals surface area contributed by atoms with Crippen molar-refractivity contribution in [2.75, 3.05) is 52.6 Å². The lowest BCUT2D eigenvalue weighted by atomic mass is 9.58. The molecule has 0 saturated carbocycles. The quantitative estimate of drug-likeness (QED) is 0.216. The monoisotopic (exact) mass is 555 g/mol. The first kappa shape index (κ1) is 27.6. The van der Waals surface area contributed by atoms with E-state index in [1.165, 1.54) is 11.0 Å². The number of nitrogens with zero attached hydrogens (tertiary/aromatic N) is 3. The highest BCUT2D eigenvalue weighted by molar-refractivity contribution is 6.25. The Hall–Kier alpha value is -3.94. The number of hydrogen-bond acceptors (Lipinski definition) is 10. The van der Waals surface area contributed by atoms with Gasteiger partial charge in [-0.25, -0.2) is 4.79 Å². The fraction of sp³-hybridized carbons (Fsp3) is 0.481. The average molecular weight is 556 g/mol. The third-order valence-electron chi connectivity index (χ3n) is 8.63. The number of aromatic hydroxyl groups is 1. The largest absolute Gasteiger partial charge is 0.510 e. The van der Waals surface area contributed by atoms with Crippen molar-refractivity contribution >= 4 is 29.2 Å². The molecule has 1 aromatic carbocycles. The molecule has 1 aromatic rings. The molecule has 0 spiro atoms. The molecular formula is C27H33N5O8. The summed E-state index contributed by atoms with van der Waals surface area (Å²) < 4.78 is 0. The van der Waals surface area contributed by atoms with Crippen molar-refractivity contribution < 1.29 is 39.6 Å². The van der Waals surface area contributed by atoms with Gasteiger partial charge in [-0.3, -0.25) is 19.3 Å². The molecule has 0 radical (unpaired) electrons. The molecule has 0 aromatic heterocycles. The summed E-state index contributed by atoms with van der Waals surface area (Å²) >= 11 is 0. The minimum atomic E-state index is -2.70. The van der Waals surface area contributed by atoms with Crippen molar-refractivity contribution in [2.45, 2.75) is 24.5 Å². The van der Waals surface area contributed by atoms with Crippen LogP contribution in [0.1, 0.15) is 22.3 Å². The number of amides is 3. The van der Waals surface area contributed by atoms with E-state index < -0.39 is 69.8 Å². The number of allylic oxidation sites excluding steroid dienone is 1. The van der Waals surface area contributed by atoms with Crippen LogP contribution in [-0.4, -0.2) is 118 Å². The number of ketones is 2. The third kappa shape index (κ3) is 3.95. The fourth-order valence-corrected chi connectivity index (χ4v) is 6.53. The van der Waals surface area contributed by atoms with Gasteiger partial charge in [-0.05, 0) is 51.5 Å². The third-order valence-corrected chi connectivity index (χ3v) is 8.63. The number of nitrogens with one attached hydrogen (secondary N) is 1. The second-order valence-corrected chi connectivity index (χ2v) is 11.2. The number of urea groups is 1. The van der Waals surface area contributed by atoms with Crippen LogP contribution >= 0.6 is 0 Å². The van der Waals surface area contributed by atoms with Crippen molar-refractivity contribution in [1.82, 2.24) is 14.7 Å². The molecule has 4 aliphatic rings. The van der Waals surface area contributed by atoms with E-state index >= 15 is 0 Å². The Balaban J connectivity index is 1.54. The molecule has 13 nitrogen and oxygen atoms in total. The van der Waals surface area contributed by atoms with Crippen molar-refractivity contribution in [3.05, 3.63) is 45.9 Å². The topological polar surface area (TPSA) is 197 Å². The summed E-state index contributed by atoms with van der Waals surface area (Å²) in [5.41, 5.74) is 1.86. The molecule has 4 unspecified atom stereocenters. The highest BCUT2D eigenvalue weighted by Crippen LogP contribution is 2.52. The number of aliphatic hydroxyl groups excluding tert-OH is 2. The summed E-state index contributed by atoms with van der Waals surface area (Å²) in [6.45, 7) is 2.38. The van der Waals surface area contributed by atoms with E-state index in [2.05, 4.69) is 10.2 Å². The van der Waals surface area contributed by atoms with Gasteiger partial charge in [-0.1, -0.05) is 6.07 Å². The molecule has 1 fully saturated rings. The number of likely N-dealkylation sites (N-methyl/N-ethyl adjacent to an activating group) is 2. The summed E-state index contributed by atoms with van der Waals surface area (Å²) in [7, 11) is 5.10. The van der Waals surface area contributed by atoms with Crippen molar-refractivity contribution in [3.8, 4) is 5.75 Å². The fourth-order valence-electron chi connectivity index (χ4n) is 6.53. The lowest BCUT2D eigenvalue weighted by Gasteiger charge is -2.50. The molecule has 40 heavy (non-hydrogen) atoms. The van der Waals surface area contributed by atoms with Crippen molar-refractivity contribution in [2.24, 2.45) is 17.6 Å². The van der Waals surface area contributed by atoms with E-state index in [0.29, 0.717) is 31.7 Å². The number of aliphatic hydroxyl groups is 3. The molecule has 4 atom stereocenters. The first-order chi connectivity index (χ1) is 18.8. The van der Waals surface area contributed by atoms with Crippen LogP contribution < -0.4 is 11.1 Å². The van der Waals surface area contributed by atoms with Gasteiger partial charge in [0.2, 0.25) is 5.78 Å². The van der Waals surface area contributed by atoms with Crippen molar-refractivity contribution in [1.29, 1.82) is 0 Å². The number of carbonyl (C=O) groups excluding carboxylic acids is 4. The standard InChI is InChI=1S/C27H33N5O8/c1-30(2)19-14-11-13-10-12-4-5-15(29-26(39)32-8-6-31(3)7-9-32)20(33)16(12)21(34)17(13)23(36)27(14,40)24(37)18(22(19)35)25(28)38/h4-5,13-14,19,33,35-36,40H,6-11H2,1-3H3,(H2,28,38)(H,29,39). The van der Waals surface area contributed by atoms with Gasteiger partial charge in [0.15, 0.2) is 17.1 Å². The maximum Gasteiger partial charge on any atom is 0.322 e. The molecular weight excluding hydrogens is 522 g/mol. The Labute approximate surface area is 230 Å². The number of anilines is 1. The van der Waals surface area contributed by atoms with E-state index in [-0.39, 0.29) is 29.7 Å². The number of nitrogens with two attached hydrogens (primary N) is 1. The number of phenolic OH excluding ortho intramolecular Hbond substituents is 1. The number of rotatable bonds is 3. The number of benzene rings is 1. The van der Waals surface area contributed by atoms with Gasteiger partial charge in [0, 0.05) is 37.7 Å². The zero-order valence-corrected chi connectivity index (χ0v) is 22.5. The number of fused-ring (bicyclic) bond motifs is 3. The maximum atomic E-state index is 13.8. The maximum absolute atomic E-state index is 13.8. The molecule has 13 heteroatoms. The predicted octanol–water partition coefficient (Wildman–Crippen LogP) is -0.100. The lowest BCUT2D eigenvalue weighted by molar-refractivity contribution is -0.148. The van der Waals surface area contributed by atoms with Crippen LogP contribution in [0.15, 0.2) is 34.8 Å². The summed E-state index contributed by atoms with van der Waals surface area (Å²) in [6, 6.07) is 1.63. The number of carbonyl (C=O) groups is 4. The summed E-state index contributed by atoms with van der Waals surface area (Å²) in [6.07, 6.45) is 0.184. The minimum Gasteiger partial charge on any atom is -0.510 e. The molecule has 1 heterocycles. The Morgan fingerprint density at radius 1 is 1.10 bits per heavy atom. The number of hydrogen-bond donors (Lipinski definition) is 6. The SMILES string of the molecule is CN1CCN(C(=O)Nc2ccc3c(c2O)C(=O)C2=C(O)C4(O)C(=O)C(C(N)=O)=C(O)C(N(C)C)C4CC2C3)CC1. The van der Waals surface area contributed by atoms with Gasteiger partial charge in [-0.15, -0.1) is 0 Å². The minimum absolute atomic E-state index is 0.00671. The lowest BCUT2D eigenvalue weighted by Crippen LogP contribution is -2.63. The molecule has 7 N–H and O–H groups in total. The van der Waals surface area contributed by atoms with E-state index in [0.717, 1.165) is 0 Å². The zero-order chi connectivity index (χ0) is 29.3. The second kappa shape index (κ2) is 9.61. The number of Topliss-reactive ketones (excluding diaryl/α,β-unsaturated/α-hetero) is 2. The van der Waals surface area contributed by atoms with Gasteiger partial charge in [0.25, 0.3) is 5.91 Å². The van der Waals surface area contributed by atoms with Crippen LogP contribution in [0.4, 0.5) is 10.5 Å². The molecule has 3 aliphatic carbocycles. The van der Waals surface area contributed by atoms with Gasteiger partial charge in [0.05, 0.1) is 17.3 Å². The van der Waals surface area contributed by atoms with Gasteiger partial charge >= 0.3 is 6.03 Å². The van der Waals surface area contributed by atoms with Crippen LogP contribution in [-0.2, 0) is 16.0 Å². The average Bonchev–Trinajstić information content (AvgIpc) is 2.87. The molecule has 5 rings (SSSR count). The Morgan fingerprint density at radius 3 is 2.35 bits per heavy atom. The normalized spacial score (nSPS) is 28.8. The highest BCUT2D eigenvalue weighted by atomic mass is 16.3. The number of primary amides is 1. The van der Waals surface area contributed by atoms with Gasteiger partial charge in [-0.2, -0.15) is 0 Å². The van der Waals surface area contributed by atoms with Gasteiger partial charge in [0.1, 0.15) is 17.1 Å². The van der Waals surface area contributed by atoms with Crippen LogP contribution in [0.3, 0.4) is 0 Å². The number of piperazine rings is 1. The summed E-state index contributed by atoms with van der Waals surface area (Å²) in [4.78, 5) is 57.2. The molecule has 3 amide bonds. The molecule has 1 saturated heterocycles. The molecule has 214 valence electrons. The van der Waals surface area contributed by atoms with E-state index in [1.54, 1.807) is 25.1 Å². The molecule has 0 bridgehead atoms.